The van der Waals surface area contributed by atoms with Crippen LogP contribution in [0, 0.1) is 5.41 Å². The fourth-order valence-corrected chi connectivity index (χ4v) is 3.63. The molecule has 0 amide bonds. The van der Waals surface area contributed by atoms with Gasteiger partial charge in [-0.05, 0) is 80.9 Å². The predicted octanol–water partition coefficient (Wildman–Crippen LogP) is 6.94. The molecule has 0 radical (unpaired) electrons. The maximum atomic E-state index is 12.0. The van der Waals surface area contributed by atoms with Gasteiger partial charge in [0.05, 0.1) is 0 Å². The largest absolute Gasteiger partial charge is 0.423 e. The minimum absolute atomic E-state index is 0.238. The molecule has 2 rings (SSSR count). The molecule has 1 aromatic carbocycles. The van der Waals surface area contributed by atoms with Crippen LogP contribution in [-0.4, -0.2) is 12.3 Å². The Balaban J connectivity index is 1.95. The van der Waals surface area contributed by atoms with E-state index in [0.717, 1.165) is 17.4 Å². The lowest BCUT2D eigenvalue weighted by molar-refractivity contribution is -0.129. The van der Waals surface area contributed by atoms with Crippen LogP contribution in [0.15, 0.2) is 83.0 Å². The standard InChI is InChI=1S/C27H32O3/c1-20(11-16-25-22(3)10-7-17-27(25,4)5)8-6-9-21(2)18-26(29)30-24-14-12-23(19-28)13-15-24/h6,8-9,11-16,18-19H,7,10,17H2,1-5H3/b9-6+,16-11+,20-8+,21-18+. The Labute approximate surface area is 180 Å². The van der Waals surface area contributed by atoms with Gasteiger partial charge in [-0.25, -0.2) is 4.79 Å². The Hall–Kier alpha value is -2.94. The van der Waals surface area contributed by atoms with Crippen molar-refractivity contribution in [2.75, 3.05) is 0 Å². The SMILES string of the molecule is CC1=C(/C=C/C(C)=C/C=C/C(C)=C/C(=O)Oc2ccc(C=O)cc2)C(C)(C)CCC1. The highest BCUT2D eigenvalue weighted by molar-refractivity contribution is 5.85. The van der Waals surface area contributed by atoms with Gasteiger partial charge in [-0.1, -0.05) is 55.4 Å². The van der Waals surface area contributed by atoms with Crippen LogP contribution >= 0.6 is 0 Å². The Kier molecular flexibility index (Phi) is 8.35. The Bertz CT molecular complexity index is 919. The molecule has 158 valence electrons. The fourth-order valence-electron chi connectivity index (χ4n) is 3.63. The monoisotopic (exact) mass is 404 g/mol. The lowest BCUT2D eigenvalue weighted by atomic mass is 9.72. The highest BCUT2D eigenvalue weighted by atomic mass is 16.5. The molecule has 30 heavy (non-hydrogen) atoms. The molecule has 3 heteroatoms. The van der Waals surface area contributed by atoms with Crippen molar-refractivity contribution >= 4 is 12.3 Å². The highest BCUT2D eigenvalue weighted by Gasteiger charge is 2.26. The zero-order valence-corrected chi connectivity index (χ0v) is 18.7. The molecule has 0 fully saturated rings. The normalized spacial score (nSPS) is 17.6. The lowest BCUT2D eigenvalue weighted by Gasteiger charge is -2.32. The van der Waals surface area contributed by atoms with E-state index in [1.54, 1.807) is 24.3 Å². The summed E-state index contributed by atoms with van der Waals surface area (Å²) in [6.45, 7) is 10.8. The zero-order chi connectivity index (χ0) is 22.1. The van der Waals surface area contributed by atoms with Gasteiger partial charge in [-0.3, -0.25) is 4.79 Å². The summed E-state index contributed by atoms with van der Waals surface area (Å²) in [5, 5.41) is 0. The van der Waals surface area contributed by atoms with E-state index >= 15 is 0 Å². The molecule has 0 N–H and O–H groups in total. The highest BCUT2D eigenvalue weighted by Crippen LogP contribution is 2.40. The minimum Gasteiger partial charge on any atom is -0.423 e. The first-order valence-electron chi connectivity index (χ1n) is 10.4. The number of ether oxygens (including phenoxy) is 1. The van der Waals surface area contributed by atoms with Gasteiger partial charge in [0, 0.05) is 11.6 Å². The Morgan fingerprint density at radius 3 is 2.40 bits per heavy atom. The fraction of sp³-hybridized carbons (Fsp3) is 0.333. The molecule has 0 aliphatic heterocycles. The van der Waals surface area contributed by atoms with E-state index in [2.05, 4.69) is 39.8 Å². The van der Waals surface area contributed by atoms with Crippen molar-refractivity contribution in [3.63, 3.8) is 0 Å². The molecule has 1 aliphatic rings. The summed E-state index contributed by atoms with van der Waals surface area (Å²) >= 11 is 0. The van der Waals surface area contributed by atoms with Gasteiger partial charge in [0.15, 0.2) is 0 Å². The number of esters is 1. The van der Waals surface area contributed by atoms with Crippen LogP contribution < -0.4 is 4.74 Å². The van der Waals surface area contributed by atoms with Crippen LogP contribution in [-0.2, 0) is 4.79 Å². The van der Waals surface area contributed by atoms with Crippen molar-refractivity contribution in [2.45, 2.75) is 53.9 Å². The molecular formula is C27H32O3. The van der Waals surface area contributed by atoms with E-state index in [1.165, 1.54) is 36.5 Å². The van der Waals surface area contributed by atoms with Crippen molar-refractivity contribution in [3.05, 3.63) is 88.6 Å². The van der Waals surface area contributed by atoms with E-state index in [0.29, 0.717) is 11.3 Å². The van der Waals surface area contributed by atoms with Gasteiger partial charge in [0.1, 0.15) is 12.0 Å². The van der Waals surface area contributed by atoms with E-state index < -0.39 is 5.97 Å². The third-order valence-electron chi connectivity index (χ3n) is 5.35. The number of hydrogen-bond acceptors (Lipinski definition) is 3. The molecule has 3 nitrogen and oxygen atoms in total. The van der Waals surface area contributed by atoms with Crippen molar-refractivity contribution in [1.29, 1.82) is 0 Å². The molecule has 0 unspecified atom stereocenters. The number of aldehydes is 1. The maximum Gasteiger partial charge on any atom is 0.336 e. The number of carbonyl (C=O) groups excluding carboxylic acids is 2. The van der Waals surface area contributed by atoms with Crippen LogP contribution in [0.2, 0.25) is 0 Å². The molecule has 1 aromatic rings. The Morgan fingerprint density at radius 1 is 1.07 bits per heavy atom. The number of benzene rings is 1. The molecule has 0 spiro atoms. The molecule has 0 heterocycles. The van der Waals surface area contributed by atoms with Crippen LogP contribution in [0.1, 0.15) is 64.2 Å². The molecule has 0 aromatic heterocycles. The van der Waals surface area contributed by atoms with Crippen LogP contribution in [0.4, 0.5) is 0 Å². The molecular weight excluding hydrogens is 372 g/mol. The summed E-state index contributed by atoms with van der Waals surface area (Å²) in [7, 11) is 0. The average molecular weight is 405 g/mol. The van der Waals surface area contributed by atoms with Gasteiger partial charge >= 0.3 is 5.97 Å². The van der Waals surface area contributed by atoms with E-state index in [9.17, 15) is 9.59 Å². The van der Waals surface area contributed by atoms with Crippen LogP contribution in [0.25, 0.3) is 0 Å². The number of allylic oxidation sites excluding steroid dienone is 9. The summed E-state index contributed by atoms with van der Waals surface area (Å²) < 4.78 is 5.25. The van der Waals surface area contributed by atoms with Gasteiger partial charge in [0.25, 0.3) is 0 Å². The second-order valence-corrected chi connectivity index (χ2v) is 8.53. The third kappa shape index (κ3) is 7.14. The van der Waals surface area contributed by atoms with Gasteiger partial charge in [0.2, 0.25) is 0 Å². The average Bonchev–Trinajstić information content (AvgIpc) is 2.67. The third-order valence-corrected chi connectivity index (χ3v) is 5.35. The van der Waals surface area contributed by atoms with Gasteiger partial charge < -0.3 is 4.74 Å². The van der Waals surface area contributed by atoms with Crippen molar-refractivity contribution in [2.24, 2.45) is 5.41 Å². The quantitative estimate of drug-likeness (QED) is 0.163. The summed E-state index contributed by atoms with van der Waals surface area (Å²) in [6.07, 6.45) is 16.1. The van der Waals surface area contributed by atoms with Crippen molar-refractivity contribution in [3.8, 4) is 5.75 Å². The second-order valence-electron chi connectivity index (χ2n) is 8.53. The molecule has 0 saturated carbocycles. The van der Waals surface area contributed by atoms with Crippen molar-refractivity contribution < 1.29 is 14.3 Å². The predicted molar refractivity (Wildman–Crippen MR) is 124 cm³/mol. The molecule has 1 aliphatic carbocycles. The Morgan fingerprint density at radius 2 is 1.77 bits per heavy atom. The number of rotatable bonds is 7. The topological polar surface area (TPSA) is 43.4 Å². The minimum atomic E-state index is -0.446. The number of hydrogen-bond donors (Lipinski definition) is 0. The molecule has 0 saturated heterocycles. The molecule has 0 bridgehead atoms. The summed E-state index contributed by atoms with van der Waals surface area (Å²) in [5.41, 5.74) is 5.67. The van der Waals surface area contributed by atoms with Crippen molar-refractivity contribution in [1.82, 2.24) is 0 Å². The van der Waals surface area contributed by atoms with Gasteiger partial charge in [-0.15, -0.1) is 0 Å². The maximum absolute atomic E-state index is 12.0. The second kappa shape index (κ2) is 10.7. The van der Waals surface area contributed by atoms with Crippen LogP contribution in [0.3, 0.4) is 0 Å². The van der Waals surface area contributed by atoms with Gasteiger partial charge in [-0.2, -0.15) is 0 Å². The first-order chi connectivity index (χ1) is 14.2. The first-order valence-corrected chi connectivity index (χ1v) is 10.4. The first kappa shape index (κ1) is 23.3. The van der Waals surface area contributed by atoms with Crippen LogP contribution in [0.5, 0.6) is 5.75 Å². The zero-order valence-electron chi connectivity index (χ0n) is 18.7. The summed E-state index contributed by atoms with van der Waals surface area (Å²) in [6, 6.07) is 6.42. The number of carbonyl (C=O) groups is 2. The smallest absolute Gasteiger partial charge is 0.336 e. The lowest BCUT2D eigenvalue weighted by Crippen LogP contribution is -2.19. The van der Waals surface area contributed by atoms with E-state index in [4.69, 9.17) is 4.74 Å². The summed E-state index contributed by atoms with van der Waals surface area (Å²) in [4.78, 5) is 22.7. The summed E-state index contributed by atoms with van der Waals surface area (Å²) in [5.74, 6) is -0.0340. The van der Waals surface area contributed by atoms with E-state index in [1.807, 2.05) is 25.2 Å². The molecule has 0 atom stereocenters. The van der Waals surface area contributed by atoms with E-state index in [-0.39, 0.29) is 5.41 Å².